The van der Waals surface area contributed by atoms with Gasteiger partial charge < -0.3 is 9.84 Å². The topological polar surface area (TPSA) is 46.5 Å². The molecule has 0 saturated carbocycles. The van der Waals surface area contributed by atoms with Crippen molar-refractivity contribution in [2.75, 3.05) is 13.2 Å². The van der Waals surface area contributed by atoms with Gasteiger partial charge in [0, 0.05) is 24.6 Å². The molecule has 0 heterocycles. The normalized spacial score (nSPS) is 8.75. The van der Waals surface area contributed by atoms with Crippen molar-refractivity contribution in [1.82, 2.24) is 0 Å². The molecule has 0 fully saturated rings. The Kier molecular flexibility index (Phi) is 4.70. The van der Waals surface area contributed by atoms with Gasteiger partial charge in [-0.2, -0.15) is 0 Å². The van der Waals surface area contributed by atoms with Gasteiger partial charge in [-0.25, -0.2) is 4.79 Å². The first kappa shape index (κ1) is 7.72. The monoisotopic (exact) mass is 138 g/mol. The van der Waals surface area contributed by atoms with Crippen LogP contribution in [0.5, 0.6) is 0 Å². The van der Waals surface area contributed by atoms with E-state index in [0.717, 1.165) is 0 Å². The summed E-state index contributed by atoms with van der Waals surface area (Å²) in [5.41, 5.74) is -0.821. The maximum absolute atomic E-state index is 9.78. The molecule has 0 aromatic rings. The molecular weight excluding hydrogens is 131 g/mol. The molecule has 0 radical (unpaired) electrons. The zero-order valence-corrected chi connectivity index (χ0v) is 5.02. The summed E-state index contributed by atoms with van der Waals surface area (Å²) < 4.78 is 4.25. The van der Waals surface area contributed by atoms with E-state index in [2.05, 4.69) is 4.74 Å². The van der Waals surface area contributed by atoms with E-state index in [4.69, 9.17) is 16.7 Å². The Hall–Kier alpha value is -0.280. The van der Waals surface area contributed by atoms with Gasteiger partial charge in [0.25, 0.3) is 0 Å². The lowest BCUT2D eigenvalue weighted by Crippen LogP contribution is -1.97. The molecule has 0 amide bonds. The van der Waals surface area contributed by atoms with Gasteiger partial charge in [0.05, 0.1) is 6.61 Å². The molecule has 4 heteroatoms. The highest BCUT2D eigenvalue weighted by molar-refractivity contribution is 6.61. The third kappa shape index (κ3) is 5.72. The minimum Gasteiger partial charge on any atom is -0.454 e. The zero-order chi connectivity index (χ0) is 6.41. The van der Waals surface area contributed by atoms with E-state index >= 15 is 0 Å². The maximum Gasteiger partial charge on any atom is 0.403 e. The standard InChI is InChI=1S/C4H7ClO3/c5-4(7)8-3-1-2-6/h6H,1-3H2. The van der Waals surface area contributed by atoms with E-state index in [1.807, 2.05) is 0 Å². The fourth-order valence-electron chi connectivity index (χ4n) is 0.217. The molecule has 0 atom stereocenters. The Morgan fingerprint density at radius 2 is 2.38 bits per heavy atom. The Morgan fingerprint density at radius 1 is 1.75 bits per heavy atom. The predicted molar refractivity (Wildman–Crippen MR) is 28.9 cm³/mol. The SMILES string of the molecule is O=C(Cl)OCCCO. The van der Waals surface area contributed by atoms with Gasteiger partial charge in [-0.15, -0.1) is 0 Å². The molecular formula is C4H7ClO3. The number of rotatable bonds is 3. The summed E-state index contributed by atoms with van der Waals surface area (Å²) in [5, 5.41) is 8.14. The van der Waals surface area contributed by atoms with E-state index in [0.29, 0.717) is 6.42 Å². The van der Waals surface area contributed by atoms with Crippen molar-refractivity contribution < 1.29 is 14.6 Å². The second kappa shape index (κ2) is 4.87. The Morgan fingerprint density at radius 3 is 2.75 bits per heavy atom. The predicted octanol–water partition coefficient (Wildman–Crippen LogP) is 0.744. The van der Waals surface area contributed by atoms with Crippen LogP contribution in [0.25, 0.3) is 0 Å². The molecule has 48 valence electrons. The molecule has 0 rings (SSSR count). The summed E-state index contributed by atoms with van der Waals surface area (Å²) >= 11 is 4.77. The average Bonchev–Trinajstić information content (AvgIpc) is 1.66. The number of carbonyl (C=O) groups is 1. The molecule has 1 N–H and O–H groups in total. The van der Waals surface area contributed by atoms with Crippen LogP contribution in [-0.2, 0) is 4.74 Å². The first-order chi connectivity index (χ1) is 3.77. The molecule has 8 heavy (non-hydrogen) atoms. The van der Waals surface area contributed by atoms with Gasteiger partial charge in [0.1, 0.15) is 0 Å². The van der Waals surface area contributed by atoms with Crippen molar-refractivity contribution in [2.45, 2.75) is 6.42 Å². The summed E-state index contributed by atoms with van der Waals surface area (Å²) in [6.45, 7) is 0.211. The van der Waals surface area contributed by atoms with Crippen molar-refractivity contribution in [3.8, 4) is 0 Å². The van der Waals surface area contributed by atoms with E-state index in [1.165, 1.54) is 0 Å². The Labute approximate surface area is 52.2 Å². The second-order valence-corrected chi connectivity index (χ2v) is 1.47. The lowest BCUT2D eigenvalue weighted by molar-refractivity contribution is 0.159. The fourth-order valence-corrected chi connectivity index (χ4v) is 0.294. The number of ether oxygens (including phenoxy) is 1. The summed E-state index contributed by atoms with van der Waals surface area (Å²) in [5.74, 6) is 0. The third-order valence-corrected chi connectivity index (χ3v) is 0.627. The van der Waals surface area contributed by atoms with Crippen molar-refractivity contribution in [2.24, 2.45) is 0 Å². The van der Waals surface area contributed by atoms with Crippen molar-refractivity contribution in [1.29, 1.82) is 0 Å². The highest BCUT2D eigenvalue weighted by atomic mass is 35.5. The quantitative estimate of drug-likeness (QED) is 0.462. The summed E-state index contributed by atoms with van der Waals surface area (Å²) in [7, 11) is 0. The van der Waals surface area contributed by atoms with Crippen LogP contribution in [0.1, 0.15) is 6.42 Å². The highest BCUT2D eigenvalue weighted by Gasteiger charge is 1.91. The number of hydrogen-bond donors (Lipinski definition) is 1. The van der Waals surface area contributed by atoms with Gasteiger partial charge >= 0.3 is 5.43 Å². The molecule has 0 saturated heterocycles. The highest BCUT2D eigenvalue weighted by Crippen LogP contribution is 1.87. The maximum atomic E-state index is 9.78. The fraction of sp³-hybridized carbons (Fsp3) is 0.750. The van der Waals surface area contributed by atoms with E-state index in [9.17, 15) is 4.79 Å². The van der Waals surface area contributed by atoms with Crippen LogP contribution in [-0.4, -0.2) is 23.7 Å². The van der Waals surface area contributed by atoms with Crippen LogP contribution in [0.15, 0.2) is 0 Å². The molecule has 0 aromatic heterocycles. The number of aliphatic hydroxyl groups excluding tert-OH is 1. The molecule has 0 aliphatic carbocycles. The molecule has 0 aromatic carbocycles. The number of aliphatic hydroxyl groups is 1. The molecule has 0 aliphatic heterocycles. The number of halogens is 1. The summed E-state index contributed by atoms with van der Waals surface area (Å²) in [4.78, 5) is 9.78. The average molecular weight is 139 g/mol. The smallest absolute Gasteiger partial charge is 0.403 e. The lowest BCUT2D eigenvalue weighted by atomic mass is 10.5. The summed E-state index contributed by atoms with van der Waals surface area (Å²) in [6, 6.07) is 0. The molecule has 0 spiro atoms. The third-order valence-electron chi connectivity index (χ3n) is 0.518. The van der Waals surface area contributed by atoms with Crippen molar-refractivity contribution in [3.05, 3.63) is 0 Å². The minimum atomic E-state index is -0.821. The first-order valence-corrected chi connectivity index (χ1v) is 2.58. The van der Waals surface area contributed by atoms with Gasteiger partial charge in [0.15, 0.2) is 0 Å². The van der Waals surface area contributed by atoms with Crippen LogP contribution in [0.3, 0.4) is 0 Å². The summed E-state index contributed by atoms with van der Waals surface area (Å²) in [6.07, 6.45) is 0.443. The van der Waals surface area contributed by atoms with Crippen molar-refractivity contribution >= 4 is 17.0 Å². The Bertz CT molecular complexity index is 73.7. The van der Waals surface area contributed by atoms with Crippen LogP contribution < -0.4 is 0 Å². The second-order valence-electron chi connectivity index (χ2n) is 1.16. The van der Waals surface area contributed by atoms with E-state index in [-0.39, 0.29) is 13.2 Å². The van der Waals surface area contributed by atoms with E-state index in [1.54, 1.807) is 0 Å². The largest absolute Gasteiger partial charge is 0.454 e. The zero-order valence-electron chi connectivity index (χ0n) is 4.26. The van der Waals surface area contributed by atoms with Gasteiger partial charge in [0.2, 0.25) is 0 Å². The van der Waals surface area contributed by atoms with E-state index < -0.39 is 5.43 Å². The molecule has 0 unspecified atom stereocenters. The Balaban J connectivity index is 2.82. The van der Waals surface area contributed by atoms with Gasteiger partial charge in [-0.05, 0) is 0 Å². The van der Waals surface area contributed by atoms with Gasteiger partial charge in [-0.1, -0.05) is 0 Å². The van der Waals surface area contributed by atoms with Gasteiger partial charge in [-0.3, -0.25) is 0 Å². The molecule has 0 aliphatic rings. The lowest BCUT2D eigenvalue weighted by Gasteiger charge is -1.94. The number of carbonyl (C=O) groups excluding carboxylic acids is 1. The van der Waals surface area contributed by atoms with Crippen molar-refractivity contribution in [3.63, 3.8) is 0 Å². The molecule has 0 bridgehead atoms. The molecule has 3 nitrogen and oxygen atoms in total. The van der Waals surface area contributed by atoms with Crippen LogP contribution in [0.2, 0.25) is 0 Å². The number of hydrogen-bond acceptors (Lipinski definition) is 3. The van der Waals surface area contributed by atoms with Crippen LogP contribution >= 0.6 is 11.6 Å². The van der Waals surface area contributed by atoms with Crippen LogP contribution in [0, 0.1) is 0 Å². The van der Waals surface area contributed by atoms with Crippen LogP contribution in [0.4, 0.5) is 4.79 Å². The first-order valence-electron chi connectivity index (χ1n) is 2.20. The minimum absolute atomic E-state index is 0.0180.